The van der Waals surface area contributed by atoms with Crippen molar-refractivity contribution >= 4 is 15.9 Å². The number of halogens is 1. The lowest BCUT2D eigenvalue weighted by atomic mass is 10.4. The molecule has 0 bridgehead atoms. The topological polar surface area (TPSA) is 49.6 Å². The number of nitrogens with zero attached hydrogens (tertiary/aromatic N) is 3. The summed E-state index contributed by atoms with van der Waals surface area (Å²) in [6.07, 6.45) is 0. The predicted molar refractivity (Wildman–Crippen MR) is 39.2 cm³/mol. The molecule has 0 N–H and O–H groups in total. The third kappa shape index (κ3) is 1.52. The highest BCUT2D eigenvalue weighted by molar-refractivity contribution is 9.10. The van der Waals surface area contributed by atoms with Crippen LogP contribution in [0.1, 0.15) is 11.5 Å². The van der Waals surface area contributed by atoms with Crippen molar-refractivity contribution in [2.24, 2.45) is 0 Å². The highest BCUT2D eigenvalue weighted by Crippen LogP contribution is 2.06. The first kappa shape index (κ1) is 7.16. The fraction of sp³-hybridized carbons (Fsp3) is 0.167. The molecule has 0 amide bonds. The maximum absolute atomic E-state index is 8.43. The molecule has 1 heterocycles. The molecule has 50 valence electrons. The van der Waals surface area contributed by atoms with E-state index >= 15 is 0 Å². The van der Waals surface area contributed by atoms with Crippen molar-refractivity contribution in [1.82, 2.24) is 9.97 Å². The normalized spacial score (nSPS) is 8.90. The number of aryl methyl sites for hydroxylation is 1. The maximum atomic E-state index is 8.43. The fourth-order valence-corrected chi connectivity index (χ4v) is 1.06. The summed E-state index contributed by atoms with van der Waals surface area (Å²) in [5.41, 5.74) is 0.388. The van der Waals surface area contributed by atoms with Crippen LogP contribution in [0.3, 0.4) is 0 Å². The minimum Gasteiger partial charge on any atom is -0.226 e. The third-order valence-corrected chi connectivity index (χ3v) is 1.33. The van der Waals surface area contributed by atoms with Crippen LogP contribution in [0, 0.1) is 18.3 Å². The summed E-state index contributed by atoms with van der Waals surface area (Å²) in [6, 6.07) is 3.50. The van der Waals surface area contributed by atoms with Crippen LogP contribution in [-0.2, 0) is 0 Å². The van der Waals surface area contributed by atoms with Crippen LogP contribution < -0.4 is 0 Å². The lowest BCUT2D eigenvalue weighted by Gasteiger charge is -1.92. The van der Waals surface area contributed by atoms with Crippen LogP contribution in [0.15, 0.2) is 10.7 Å². The molecule has 0 aromatic carbocycles. The predicted octanol–water partition coefficient (Wildman–Crippen LogP) is 1.42. The van der Waals surface area contributed by atoms with Gasteiger partial charge in [-0.3, -0.25) is 0 Å². The Labute approximate surface area is 66.9 Å². The molecular formula is C6H4BrN3. The molecule has 10 heavy (non-hydrogen) atoms. The molecule has 3 nitrogen and oxygen atoms in total. The third-order valence-electron chi connectivity index (χ3n) is 0.921. The quantitative estimate of drug-likeness (QED) is 0.592. The van der Waals surface area contributed by atoms with Crippen molar-refractivity contribution in [2.45, 2.75) is 6.92 Å². The van der Waals surface area contributed by atoms with Gasteiger partial charge in [-0.1, -0.05) is 0 Å². The van der Waals surface area contributed by atoms with E-state index in [1.165, 1.54) is 0 Å². The molecular weight excluding hydrogens is 194 g/mol. The average molecular weight is 198 g/mol. The van der Waals surface area contributed by atoms with E-state index in [0.29, 0.717) is 16.1 Å². The molecule has 0 spiro atoms. The Balaban J connectivity index is 3.22. The lowest BCUT2D eigenvalue weighted by molar-refractivity contribution is 1.02. The molecule has 0 saturated carbocycles. The second kappa shape index (κ2) is 2.76. The van der Waals surface area contributed by atoms with Crippen LogP contribution in [0.4, 0.5) is 0 Å². The molecule has 0 aliphatic heterocycles. The van der Waals surface area contributed by atoms with Crippen molar-refractivity contribution in [3.8, 4) is 6.07 Å². The number of hydrogen-bond acceptors (Lipinski definition) is 3. The summed E-state index contributed by atoms with van der Waals surface area (Å²) in [5, 5.41) is 8.43. The van der Waals surface area contributed by atoms with Crippen molar-refractivity contribution in [1.29, 1.82) is 5.26 Å². The van der Waals surface area contributed by atoms with Gasteiger partial charge in [-0.2, -0.15) is 5.26 Å². The summed E-state index contributed by atoms with van der Waals surface area (Å²) in [6.45, 7) is 1.74. The van der Waals surface area contributed by atoms with Gasteiger partial charge in [0.2, 0.25) is 0 Å². The summed E-state index contributed by atoms with van der Waals surface area (Å²) in [5.74, 6) is 0.603. The van der Waals surface area contributed by atoms with Gasteiger partial charge in [0.15, 0.2) is 0 Å². The minimum absolute atomic E-state index is 0.388. The van der Waals surface area contributed by atoms with E-state index in [1.54, 1.807) is 13.0 Å². The SMILES string of the molecule is Cc1nc(Br)cc(C#N)n1. The van der Waals surface area contributed by atoms with Gasteiger partial charge in [-0.15, -0.1) is 0 Å². The molecule has 4 heteroatoms. The van der Waals surface area contributed by atoms with Crippen molar-refractivity contribution in [3.63, 3.8) is 0 Å². The molecule has 0 saturated heterocycles. The van der Waals surface area contributed by atoms with E-state index < -0.39 is 0 Å². The van der Waals surface area contributed by atoms with Crippen LogP contribution >= 0.6 is 15.9 Å². The zero-order valence-corrected chi connectivity index (χ0v) is 6.88. The summed E-state index contributed by atoms with van der Waals surface area (Å²) >= 11 is 3.15. The summed E-state index contributed by atoms with van der Waals surface area (Å²) < 4.78 is 0.650. The largest absolute Gasteiger partial charge is 0.226 e. The van der Waals surface area contributed by atoms with E-state index in [2.05, 4.69) is 25.9 Å². The Hall–Kier alpha value is -0.950. The first-order valence-corrected chi connectivity index (χ1v) is 3.43. The zero-order valence-electron chi connectivity index (χ0n) is 5.30. The molecule has 0 aliphatic rings. The van der Waals surface area contributed by atoms with Crippen LogP contribution in [-0.4, -0.2) is 9.97 Å². The summed E-state index contributed by atoms with van der Waals surface area (Å²) in [7, 11) is 0. The zero-order chi connectivity index (χ0) is 7.56. The lowest BCUT2D eigenvalue weighted by Crippen LogP contribution is -1.90. The molecule has 1 aromatic heterocycles. The van der Waals surface area contributed by atoms with Crippen molar-refractivity contribution in [2.75, 3.05) is 0 Å². The van der Waals surface area contributed by atoms with E-state index in [1.807, 2.05) is 6.07 Å². The van der Waals surface area contributed by atoms with E-state index in [0.717, 1.165) is 0 Å². The molecule has 1 aromatic rings. The standard InChI is InChI=1S/C6H4BrN3/c1-4-9-5(3-8)2-6(7)10-4/h2H,1H3. The second-order valence-electron chi connectivity index (χ2n) is 1.73. The van der Waals surface area contributed by atoms with Gasteiger partial charge in [0.05, 0.1) is 0 Å². The number of rotatable bonds is 0. The van der Waals surface area contributed by atoms with Crippen LogP contribution in [0.5, 0.6) is 0 Å². The average Bonchev–Trinajstić information content (AvgIpc) is 1.85. The van der Waals surface area contributed by atoms with Gasteiger partial charge in [-0.25, -0.2) is 9.97 Å². The minimum atomic E-state index is 0.388. The van der Waals surface area contributed by atoms with Gasteiger partial charge >= 0.3 is 0 Å². The van der Waals surface area contributed by atoms with E-state index in [-0.39, 0.29) is 0 Å². The Morgan fingerprint density at radius 3 is 2.80 bits per heavy atom. The monoisotopic (exact) mass is 197 g/mol. The van der Waals surface area contributed by atoms with Gasteiger partial charge in [-0.05, 0) is 22.9 Å². The van der Waals surface area contributed by atoms with E-state index in [4.69, 9.17) is 5.26 Å². The Morgan fingerprint density at radius 1 is 1.60 bits per heavy atom. The van der Waals surface area contributed by atoms with Crippen molar-refractivity contribution < 1.29 is 0 Å². The molecule has 0 fully saturated rings. The fourth-order valence-electron chi connectivity index (χ4n) is 0.589. The Morgan fingerprint density at radius 2 is 2.30 bits per heavy atom. The Kier molecular flexibility index (Phi) is 1.97. The first-order valence-electron chi connectivity index (χ1n) is 2.63. The van der Waals surface area contributed by atoms with E-state index in [9.17, 15) is 0 Å². The van der Waals surface area contributed by atoms with Crippen LogP contribution in [0.2, 0.25) is 0 Å². The van der Waals surface area contributed by atoms with Gasteiger partial charge < -0.3 is 0 Å². The smallest absolute Gasteiger partial charge is 0.145 e. The number of nitriles is 1. The second-order valence-corrected chi connectivity index (χ2v) is 2.55. The number of hydrogen-bond donors (Lipinski definition) is 0. The van der Waals surface area contributed by atoms with Gasteiger partial charge in [0, 0.05) is 6.07 Å². The molecule has 0 radical (unpaired) electrons. The van der Waals surface area contributed by atoms with Gasteiger partial charge in [0.25, 0.3) is 0 Å². The number of aromatic nitrogens is 2. The molecule has 1 rings (SSSR count). The highest BCUT2D eigenvalue weighted by Gasteiger charge is 1.95. The maximum Gasteiger partial charge on any atom is 0.145 e. The summed E-state index contributed by atoms with van der Waals surface area (Å²) in [4.78, 5) is 7.79. The first-order chi connectivity index (χ1) is 4.72. The molecule has 0 aliphatic carbocycles. The van der Waals surface area contributed by atoms with Crippen LogP contribution in [0.25, 0.3) is 0 Å². The molecule has 0 atom stereocenters. The van der Waals surface area contributed by atoms with Gasteiger partial charge in [0.1, 0.15) is 22.2 Å². The highest BCUT2D eigenvalue weighted by atomic mass is 79.9. The molecule has 0 unspecified atom stereocenters. The van der Waals surface area contributed by atoms with Crippen molar-refractivity contribution in [3.05, 3.63) is 22.2 Å². The Bertz CT molecular complexity index is 269.